The van der Waals surface area contributed by atoms with Crippen LogP contribution in [0.3, 0.4) is 0 Å². The molecule has 1 aliphatic heterocycles. The van der Waals surface area contributed by atoms with Crippen LogP contribution in [0.1, 0.15) is 12.5 Å². The minimum atomic E-state index is -1.35. The lowest BCUT2D eigenvalue weighted by Gasteiger charge is -2.23. The normalized spacial score (nSPS) is 17.2. The standard InChI is InChI=1S/C26H25N3O5S/c1-26(17-13-14-20(33-2)21(15-17)34-3)24(31)29(25(32)28-26)16-23(30)27-19-11-7-8-12-22(19)35-18-9-5-4-6-10-18/h4-15H,16H2,1-3H3,(H,27,30)(H,28,32). The van der Waals surface area contributed by atoms with E-state index in [-0.39, 0.29) is 0 Å². The van der Waals surface area contributed by atoms with Gasteiger partial charge in [-0.2, -0.15) is 0 Å². The Labute approximate surface area is 207 Å². The molecular weight excluding hydrogens is 466 g/mol. The lowest BCUT2D eigenvalue weighted by atomic mass is 9.91. The van der Waals surface area contributed by atoms with Crippen LogP contribution < -0.4 is 20.1 Å². The largest absolute Gasteiger partial charge is 0.493 e. The number of urea groups is 1. The number of amides is 4. The van der Waals surface area contributed by atoms with Crippen molar-refractivity contribution in [2.45, 2.75) is 22.3 Å². The minimum absolute atomic E-state index is 0.419. The molecule has 1 heterocycles. The number of hydrogen-bond donors (Lipinski definition) is 2. The van der Waals surface area contributed by atoms with Gasteiger partial charge in [0.2, 0.25) is 5.91 Å². The van der Waals surface area contributed by atoms with Crippen LogP contribution in [-0.4, -0.2) is 43.5 Å². The zero-order valence-corrected chi connectivity index (χ0v) is 20.3. The molecule has 1 atom stereocenters. The number of methoxy groups -OCH3 is 2. The van der Waals surface area contributed by atoms with E-state index >= 15 is 0 Å². The van der Waals surface area contributed by atoms with Gasteiger partial charge in [-0.1, -0.05) is 48.2 Å². The first-order valence-corrected chi connectivity index (χ1v) is 11.7. The molecule has 2 N–H and O–H groups in total. The van der Waals surface area contributed by atoms with E-state index in [1.807, 2.05) is 48.5 Å². The van der Waals surface area contributed by atoms with Crippen LogP contribution >= 0.6 is 11.8 Å². The van der Waals surface area contributed by atoms with Crippen molar-refractivity contribution in [3.05, 3.63) is 78.4 Å². The number of benzene rings is 3. The molecule has 3 aromatic carbocycles. The molecule has 1 saturated heterocycles. The van der Waals surface area contributed by atoms with Crippen molar-refractivity contribution in [3.8, 4) is 11.5 Å². The molecule has 1 unspecified atom stereocenters. The molecule has 0 saturated carbocycles. The summed E-state index contributed by atoms with van der Waals surface area (Å²) in [6, 6.07) is 21.5. The Balaban J connectivity index is 1.49. The van der Waals surface area contributed by atoms with E-state index in [4.69, 9.17) is 9.47 Å². The first-order chi connectivity index (χ1) is 16.9. The molecule has 3 aromatic rings. The van der Waals surface area contributed by atoms with Gasteiger partial charge in [0, 0.05) is 9.79 Å². The Morgan fingerprint density at radius 3 is 2.37 bits per heavy atom. The summed E-state index contributed by atoms with van der Waals surface area (Å²) in [5.74, 6) is -0.0835. The number of nitrogens with zero attached hydrogens (tertiary/aromatic N) is 1. The average molecular weight is 492 g/mol. The van der Waals surface area contributed by atoms with Crippen molar-refractivity contribution in [3.63, 3.8) is 0 Å². The summed E-state index contributed by atoms with van der Waals surface area (Å²) in [6.07, 6.45) is 0. The van der Waals surface area contributed by atoms with Crippen molar-refractivity contribution < 1.29 is 23.9 Å². The summed E-state index contributed by atoms with van der Waals surface area (Å²) in [6.45, 7) is 1.18. The van der Waals surface area contributed by atoms with E-state index < -0.39 is 29.9 Å². The maximum absolute atomic E-state index is 13.3. The molecule has 1 fully saturated rings. The second-order valence-corrected chi connectivity index (χ2v) is 9.09. The zero-order chi connectivity index (χ0) is 25.0. The van der Waals surface area contributed by atoms with E-state index in [2.05, 4.69) is 10.6 Å². The third-order valence-corrected chi connectivity index (χ3v) is 6.75. The highest BCUT2D eigenvalue weighted by Gasteiger charge is 2.49. The van der Waals surface area contributed by atoms with E-state index in [1.165, 1.54) is 26.0 Å². The number of para-hydroxylation sites is 1. The fourth-order valence-corrected chi connectivity index (χ4v) is 4.71. The number of imide groups is 1. The fourth-order valence-electron chi connectivity index (χ4n) is 3.79. The van der Waals surface area contributed by atoms with Gasteiger partial charge < -0.3 is 20.1 Å². The van der Waals surface area contributed by atoms with Crippen LogP contribution in [0.2, 0.25) is 0 Å². The highest BCUT2D eigenvalue weighted by atomic mass is 32.2. The second-order valence-electron chi connectivity index (χ2n) is 7.98. The molecule has 9 heteroatoms. The van der Waals surface area contributed by atoms with Crippen molar-refractivity contribution in [2.75, 3.05) is 26.1 Å². The van der Waals surface area contributed by atoms with Crippen molar-refractivity contribution in [1.29, 1.82) is 0 Å². The molecule has 180 valence electrons. The van der Waals surface area contributed by atoms with Crippen LogP contribution in [0.15, 0.2) is 82.6 Å². The van der Waals surface area contributed by atoms with E-state index in [0.717, 1.165) is 14.7 Å². The molecule has 0 aliphatic carbocycles. The summed E-state index contributed by atoms with van der Waals surface area (Å²) < 4.78 is 10.6. The molecule has 0 bridgehead atoms. The third-order valence-electron chi connectivity index (χ3n) is 5.67. The molecular formula is C26H25N3O5S. The molecule has 0 spiro atoms. The summed E-state index contributed by atoms with van der Waals surface area (Å²) in [5, 5.41) is 5.53. The van der Waals surface area contributed by atoms with Crippen LogP contribution in [0.4, 0.5) is 10.5 Å². The molecule has 1 aliphatic rings. The van der Waals surface area contributed by atoms with Gasteiger partial charge in [-0.15, -0.1) is 0 Å². The van der Waals surface area contributed by atoms with Gasteiger partial charge in [0.1, 0.15) is 12.1 Å². The smallest absolute Gasteiger partial charge is 0.325 e. The molecule has 4 amide bonds. The Morgan fingerprint density at radius 1 is 0.971 bits per heavy atom. The molecule has 0 radical (unpaired) electrons. The third kappa shape index (κ3) is 4.95. The number of nitrogens with one attached hydrogen (secondary N) is 2. The molecule has 0 aromatic heterocycles. The number of ether oxygens (including phenoxy) is 2. The van der Waals surface area contributed by atoms with Crippen LogP contribution in [0.25, 0.3) is 0 Å². The minimum Gasteiger partial charge on any atom is -0.493 e. The van der Waals surface area contributed by atoms with Gasteiger partial charge in [0.15, 0.2) is 11.5 Å². The van der Waals surface area contributed by atoms with Crippen molar-refractivity contribution >= 4 is 35.3 Å². The monoisotopic (exact) mass is 491 g/mol. The van der Waals surface area contributed by atoms with Gasteiger partial charge in [-0.3, -0.25) is 14.5 Å². The number of carbonyl (C=O) groups excluding carboxylic acids is 3. The predicted molar refractivity (Wildman–Crippen MR) is 133 cm³/mol. The second kappa shape index (κ2) is 10.1. The van der Waals surface area contributed by atoms with Crippen molar-refractivity contribution in [1.82, 2.24) is 10.2 Å². The average Bonchev–Trinajstić information content (AvgIpc) is 3.09. The maximum Gasteiger partial charge on any atom is 0.325 e. The number of carbonyl (C=O) groups is 3. The molecule has 35 heavy (non-hydrogen) atoms. The van der Waals surface area contributed by atoms with Gasteiger partial charge in [-0.25, -0.2) is 4.79 Å². The van der Waals surface area contributed by atoms with Gasteiger partial charge in [0.25, 0.3) is 5.91 Å². The highest BCUT2D eigenvalue weighted by molar-refractivity contribution is 7.99. The summed E-state index contributed by atoms with van der Waals surface area (Å²) in [5.41, 5.74) is -0.236. The Kier molecular flexibility index (Phi) is 6.97. The Morgan fingerprint density at radius 2 is 1.66 bits per heavy atom. The van der Waals surface area contributed by atoms with Crippen LogP contribution in [-0.2, 0) is 15.1 Å². The zero-order valence-electron chi connectivity index (χ0n) is 19.5. The highest BCUT2D eigenvalue weighted by Crippen LogP contribution is 2.36. The quantitative estimate of drug-likeness (QED) is 0.457. The molecule has 8 nitrogen and oxygen atoms in total. The lowest BCUT2D eigenvalue weighted by molar-refractivity contribution is -0.133. The van der Waals surface area contributed by atoms with Gasteiger partial charge in [-0.05, 0) is 48.9 Å². The first-order valence-electron chi connectivity index (χ1n) is 10.8. The lowest BCUT2D eigenvalue weighted by Crippen LogP contribution is -2.42. The van der Waals surface area contributed by atoms with Gasteiger partial charge >= 0.3 is 6.03 Å². The van der Waals surface area contributed by atoms with E-state index in [0.29, 0.717) is 22.7 Å². The fraction of sp³-hybridized carbons (Fsp3) is 0.192. The van der Waals surface area contributed by atoms with Gasteiger partial charge in [0.05, 0.1) is 19.9 Å². The van der Waals surface area contributed by atoms with Crippen LogP contribution in [0.5, 0.6) is 11.5 Å². The van der Waals surface area contributed by atoms with Crippen molar-refractivity contribution in [2.24, 2.45) is 0 Å². The first kappa shape index (κ1) is 24.2. The topological polar surface area (TPSA) is 97.0 Å². The SMILES string of the molecule is COc1ccc(C2(C)NC(=O)N(CC(=O)Nc3ccccc3Sc3ccccc3)C2=O)cc1OC. The number of anilines is 1. The van der Waals surface area contributed by atoms with E-state index in [9.17, 15) is 14.4 Å². The summed E-state index contributed by atoms with van der Waals surface area (Å²) >= 11 is 1.51. The predicted octanol–water partition coefficient (Wildman–Crippen LogP) is 4.26. The number of rotatable bonds is 8. The summed E-state index contributed by atoms with van der Waals surface area (Å²) in [4.78, 5) is 41.6. The summed E-state index contributed by atoms with van der Waals surface area (Å²) in [7, 11) is 3.00. The van der Waals surface area contributed by atoms with Crippen LogP contribution in [0, 0.1) is 0 Å². The van der Waals surface area contributed by atoms with E-state index in [1.54, 1.807) is 31.2 Å². The maximum atomic E-state index is 13.3. The molecule has 4 rings (SSSR count). The Bertz CT molecular complexity index is 1270. The number of hydrogen-bond acceptors (Lipinski definition) is 6. The Hall–Kier alpha value is -3.98.